The molecule has 4 heteroatoms. The van der Waals surface area contributed by atoms with E-state index in [0.29, 0.717) is 6.54 Å². The van der Waals surface area contributed by atoms with Gasteiger partial charge >= 0.3 is 0 Å². The molecule has 0 saturated heterocycles. The maximum Gasteiger partial charge on any atom is 0.0549 e. The van der Waals surface area contributed by atoms with Gasteiger partial charge in [-0.15, -0.1) is 0 Å². The molecule has 2 rings (SSSR count). The Morgan fingerprint density at radius 3 is 2.67 bits per heavy atom. The molecule has 100 valence electrons. The van der Waals surface area contributed by atoms with Crippen LogP contribution in [-0.2, 0) is 0 Å². The normalized spacial score (nSPS) is 27.1. The molecule has 1 aliphatic rings. The Labute approximate surface area is 122 Å². The van der Waals surface area contributed by atoms with Crippen molar-refractivity contribution in [2.45, 2.75) is 32.2 Å². The van der Waals surface area contributed by atoms with E-state index in [4.69, 9.17) is 17.3 Å². The molecule has 1 saturated carbocycles. The second-order valence-electron chi connectivity index (χ2n) is 5.65. The van der Waals surface area contributed by atoms with Crippen LogP contribution in [0.5, 0.6) is 0 Å². The third kappa shape index (κ3) is 2.84. The molecule has 0 radical (unpaired) electrons. The van der Waals surface area contributed by atoms with Crippen molar-refractivity contribution in [3.8, 4) is 0 Å². The summed E-state index contributed by atoms with van der Waals surface area (Å²) in [7, 11) is 0. The van der Waals surface area contributed by atoms with Crippen molar-refractivity contribution in [3.63, 3.8) is 0 Å². The lowest BCUT2D eigenvalue weighted by Crippen LogP contribution is -2.56. The summed E-state index contributed by atoms with van der Waals surface area (Å²) >= 11 is 9.45. The molecule has 18 heavy (non-hydrogen) atoms. The van der Waals surface area contributed by atoms with Gasteiger partial charge in [-0.2, -0.15) is 0 Å². The van der Waals surface area contributed by atoms with Gasteiger partial charge in [0.2, 0.25) is 0 Å². The highest BCUT2D eigenvalue weighted by Crippen LogP contribution is 2.44. The lowest BCUT2D eigenvalue weighted by Gasteiger charge is -2.50. The summed E-state index contributed by atoms with van der Waals surface area (Å²) in [5.74, 6) is 1.53. The van der Waals surface area contributed by atoms with E-state index in [0.717, 1.165) is 39.9 Å². The van der Waals surface area contributed by atoms with Crippen LogP contribution in [0.25, 0.3) is 0 Å². The summed E-state index contributed by atoms with van der Waals surface area (Å²) in [5, 5.41) is 4.31. The van der Waals surface area contributed by atoms with E-state index < -0.39 is 0 Å². The smallest absolute Gasteiger partial charge is 0.0549 e. The first-order chi connectivity index (χ1) is 8.46. The highest BCUT2D eigenvalue weighted by atomic mass is 79.9. The highest BCUT2D eigenvalue weighted by Gasteiger charge is 2.44. The fourth-order valence-corrected chi connectivity index (χ4v) is 3.11. The zero-order chi connectivity index (χ0) is 13.3. The lowest BCUT2D eigenvalue weighted by atomic mass is 9.64. The predicted octanol–water partition coefficient (Wildman–Crippen LogP) is 4.28. The Kier molecular flexibility index (Phi) is 4.25. The fraction of sp³-hybridized carbons (Fsp3) is 0.571. The van der Waals surface area contributed by atoms with E-state index in [1.807, 2.05) is 18.2 Å². The minimum absolute atomic E-state index is 0.0716. The SMILES string of the molecule is CC(C)C1CC(CN)(Nc2ccc(Cl)c(Br)c2)C1. The van der Waals surface area contributed by atoms with Crippen molar-refractivity contribution in [3.05, 3.63) is 27.7 Å². The molecule has 0 spiro atoms. The Balaban J connectivity index is 2.06. The van der Waals surface area contributed by atoms with Gasteiger partial charge in [0, 0.05) is 16.7 Å². The summed E-state index contributed by atoms with van der Waals surface area (Å²) in [6.07, 6.45) is 2.31. The first-order valence-electron chi connectivity index (χ1n) is 6.39. The highest BCUT2D eigenvalue weighted by molar-refractivity contribution is 9.10. The number of nitrogens with one attached hydrogen (secondary N) is 1. The van der Waals surface area contributed by atoms with E-state index in [2.05, 4.69) is 35.1 Å². The molecule has 0 amide bonds. The molecule has 0 aliphatic heterocycles. The van der Waals surface area contributed by atoms with Crippen molar-refractivity contribution >= 4 is 33.2 Å². The van der Waals surface area contributed by atoms with Crippen LogP contribution in [0.15, 0.2) is 22.7 Å². The molecule has 1 aromatic carbocycles. The van der Waals surface area contributed by atoms with Crippen molar-refractivity contribution in [1.29, 1.82) is 0 Å². The largest absolute Gasteiger partial charge is 0.378 e. The van der Waals surface area contributed by atoms with Gasteiger partial charge in [0.1, 0.15) is 0 Å². The summed E-state index contributed by atoms with van der Waals surface area (Å²) in [5.41, 5.74) is 7.10. The molecule has 1 aliphatic carbocycles. The van der Waals surface area contributed by atoms with E-state index in [1.54, 1.807) is 0 Å². The topological polar surface area (TPSA) is 38.0 Å². The van der Waals surface area contributed by atoms with Gasteiger partial charge in [-0.3, -0.25) is 0 Å². The van der Waals surface area contributed by atoms with E-state index >= 15 is 0 Å². The maximum absolute atomic E-state index is 6.00. The molecule has 0 heterocycles. The zero-order valence-electron chi connectivity index (χ0n) is 10.8. The van der Waals surface area contributed by atoms with Crippen LogP contribution in [0.1, 0.15) is 26.7 Å². The van der Waals surface area contributed by atoms with Gasteiger partial charge in [0.05, 0.1) is 10.6 Å². The van der Waals surface area contributed by atoms with Crippen LogP contribution in [0, 0.1) is 11.8 Å². The Morgan fingerprint density at radius 2 is 2.17 bits per heavy atom. The van der Waals surface area contributed by atoms with Gasteiger partial charge in [-0.05, 0) is 58.8 Å². The molecular formula is C14H20BrClN2. The molecule has 0 atom stereocenters. The van der Waals surface area contributed by atoms with Gasteiger partial charge in [0.25, 0.3) is 0 Å². The Morgan fingerprint density at radius 1 is 1.50 bits per heavy atom. The fourth-order valence-electron chi connectivity index (χ4n) is 2.62. The number of anilines is 1. The third-order valence-electron chi connectivity index (χ3n) is 3.97. The summed E-state index contributed by atoms with van der Waals surface area (Å²) in [6, 6.07) is 5.92. The van der Waals surface area contributed by atoms with E-state index in [1.165, 1.54) is 0 Å². The average molecular weight is 332 g/mol. The van der Waals surface area contributed by atoms with Crippen LogP contribution < -0.4 is 11.1 Å². The van der Waals surface area contributed by atoms with E-state index in [-0.39, 0.29) is 5.54 Å². The molecular weight excluding hydrogens is 312 g/mol. The minimum atomic E-state index is 0.0716. The van der Waals surface area contributed by atoms with Crippen molar-refractivity contribution in [2.75, 3.05) is 11.9 Å². The van der Waals surface area contributed by atoms with Crippen LogP contribution in [-0.4, -0.2) is 12.1 Å². The molecule has 0 bridgehead atoms. The van der Waals surface area contributed by atoms with E-state index in [9.17, 15) is 0 Å². The first kappa shape index (κ1) is 14.2. The second kappa shape index (κ2) is 5.40. The Hall–Kier alpha value is -0.250. The van der Waals surface area contributed by atoms with Crippen molar-refractivity contribution in [2.24, 2.45) is 17.6 Å². The average Bonchev–Trinajstić information content (AvgIpc) is 2.27. The molecule has 0 aromatic heterocycles. The number of nitrogens with two attached hydrogens (primary N) is 1. The van der Waals surface area contributed by atoms with Crippen LogP contribution >= 0.6 is 27.5 Å². The number of hydrogen-bond donors (Lipinski definition) is 2. The predicted molar refractivity (Wildman–Crippen MR) is 82.1 cm³/mol. The Bertz CT molecular complexity index is 428. The summed E-state index contributed by atoms with van der Waals surface area (Å²) in [4.78, 5) is 0. The lowest BCUT2D eigenvalue weighted by molar-refractivity contribution is 0.130. The number of halogens is 2. The summed E-state index contributed by atoms with van der Waals surface area (Å²) in [6.45, 7) is 5.24. The van der Waals surface area contributed by atoms with Crippen LogP contribution in [0.4, 0.5) is 5.69 Å². The minimum Gasteiger partial charge on any atom is -0.378 e. The second-order valence-corrected chi connectivity index (χ2v) is 6.91. The molecule has 2 nitrogen and oxygen atoms in total. The van der Waals surface area contributed by atoms with Gasteiger partial charge < -0.3 is 11.1 Å². The van der Waals surface area contributed by atoms with Crippen LogP contribution in [0.2, 0.25) is 5.02 Å². The van der Waals surface area contributed by atoms with Crippen LogP contribution in [0.3, 0.4) is 0 Å². The number of benzene rings is 1. The van der Waals surface area contributed by atoms with Gasteiger partial charge in [-0.25, -0.2) is 0 Å². The third-order valence-corrected chi connectivity index (χ3v) is 5.18. The van der Waals surface area contributed by atoms with Crippen molar-refractivity contribution < 1.29 is 0 Å². The molecule has 1 aromatic rings. The standard InChI is InChI=1S/C14H20BrClN2/c1-9(2)10-6-14(7-10,8-17)18-11-3-4-13(16)12(15)5-11/h3-5,9-10,18H,6-8,17H2,1-2H3. The number of hydrogen-bond acceptors (Lipinski definition) is 2. The molecule has 3 N–H and O–H groups in total. The number of rotatable bonds is 4. The van der Waals surface area contributed by atoms with Gasteiger partial charge in [-0.1, -0.05) is 25.4 Å². The maximum atomic E-state index is 6.00. The molecule has 1 fully saturated rings. The monoisotopic (exact) mass is 330 g/mol. The van der Waals surface area contributed by atoms with Gasteiger partial charge in [0.15, 0.2) is 0 Å². The quantitative estimate of drug-likeness (QED) is 0.864. The molecule has 0 unspecified atom stereocenters. The zero-order valence-corrected chi connectivity index (χ0v) is 13.2. The summed E-state index contributed by atoms with van der Waals surface area (Å²) < 4.78 is 0.918. The first-order valence-corrected chi connectivity index (χ1v) is 7.56. The van der Waals surface area contributed by atoms with Crippen molar-refractivity contribution in [1.82, 2.24) is 0 Å².